The van der Waals surface area contributed by atoms with Crippen LogP contribution in [0.1, 0.15) is 27.4 Å². The molecule has 4 aromatic rings. The van der Waals surface area contributed by atoms with Gasteiger partial charge in [0.05, 0.1) is 34.4 Å². The topological polar surface area (TPSA) is 135 Å². The maximum absolute atomic E-state index is 13.4. The van der Waals surface area contributed by atoms with Crippen molar-refractivity contribution in [3.8, 4) is 6.07 Å². The van der Waals surface area contributed by atoms with E-state index >= 15 is 0 Å². The monoisotopic (exact) mass is 474 g/mol. The van der Waals surface area contributed by atoms with Gasteiger partial charge in [-0.15, -0.1) is 0 Å². The second-order valence-electron chi connectivity index (χ2n) is 6.60. The Kier molecular flexibility index (Phi) is 5.77. The van der Waals surface area contributed by atoms with E-state index in [4.69, 9.17) is 11.0 Å². The lowest BCUT2D eigenvalue weighted by Crippen LogP contribution is -2.31. The number of aromatic nitrogens is 5. The number of fused-ring (bicyclic) bond motifs is 1. The fraction of sp³-hybridized carbons (Fsp3) is 0.0952. The Balaban J connectivity index is 1.67. The smallest absolute Gasteiger partial charge is 0.256 e. The first-order valence-corrected chi connectivity index (χ1v) is 9.95. The van der Waals surface area contributed by atoms with Gasteiger partial charge in [0.25, 0.3) is 5.91 Å². The molecule has 1 amide bonds. The summed E-state index contributed by atoms with van der Waals surface area (Å²) in [6.45, 7) is 0.396. The number of nitrogens with two attached hydrogens (primary N) is 1. The summed E-state index contributed by atoms with van der Waals surface area (Å²) < 4.78 is 0.628. The molecule has 0 saturated carbocycles. The van der Waals surface area contributed by atoms with Crippen LogP contribution in [0.5, 0.6) is 0 Å². The normalized spacial score (nSPS) is 10.6. The lowest BCUT2D eigenvalue weighted by atomic mass is 10.1. The van der Waals surface area contributed by atoms with Crippen LogP contribution >= 0.6 is 15.9 Å². The highest BCUT2D eigenvalue weighted by Gasteiger charge is 2.20. The second kappa shape index (κ2) is 8.81. The third-order valence-electron chi connectivity index (χ3n) is 4.44. The Morgan fingerprint density at radius 3 is 2.61 bits per heavy atom. The highest BCUT2D eigenvalue weighted by Crippen LogP contribution is 2.23. The van der Waals surface area contributed by atoms with Crippen LogP contribution < -0.4 is 5.73 Å². The summed E-state index contributed by atoms with van der Waals surface area (Å²) in [4.78, 5) is 36.1. The van der Waals surface area contributed by atoms with Crippen molar-refractivity contribution in [2.24, 2.45) is 0 Å². The predicted octanol–water partition coefficient (Wildman–Crippen LogP) is 2.87. The summed E-state index contributed by atoms with van der Waals surface area (Å²) in [7, 11) is 0. The zero-order valence-electron chi connectivity index (χ0n) is 16.1. The van der Waals surface area contributed by atoms with Crippen LogP contribution in [0.3, 0.4) is 0 Å². The number of rotatable bonds is 5. The van der Waals surface area contributed by atoms with Gasteiger partial charge in [0.15, 0.2) is 5.65 Å². The molecule has 0 fully saturated rings. The first-order chi connectivity index (χ1) is 15.0. The number of hydrogen-bond acceptors (Lipinski definition) is 8. The molecule has 0 aliphatic heterocycles. The molecule has 0 aromatic carbocycles. The van der Waals surface area contributed by atoms with E-state index in [0.29, 0.717) is 44.0 Å². The van der Waals surface area contributed by atoms with E-state index in [1.807, 2.05) is 6.07 Å². The third-order valence-corrected chi connectivity index (χ3v) is 5.08. The van der Waals surface area contributed by atoms with Crippen LogP contribution in [0.4, 0.5) is 5.82 Å². The van der Waals surface area contributed by atoms with Crippen LogP contribution in [-0.2, 0) is 13.1 Å². The van der Waals surface area contributed by atoms with E-state index in [9.17, 15) is 4.79 Å². The largest absolute Gasteiger partial charge is 0.383 e. The van der Waals surface area contributed by atoms with Gasteiger partial charge in [0, 0.05) is 30.2 Å². The highest BCUT2D eigenvalue weighted by atomic mass is 79.9. The van der Waals surface area contributed by atoms with Crippen molar-refractivity contribution in [1.82, 2.24) is 29.8 Å². The molecule has 0 aliphatic carbocycles. The van der Waals surface area contributed by atoms with Crippen LogP contribution in [0.15, 0.2) is 59.6 Å². The standard InChI is InChI=1S/C21H15BrN8O/c22-17-7-14-6-15(10-28-20(14)29-19(17)24)21(31)30(12-18-25-4-1-5-26-18)11-16-3-2-13(8-23)9-27-16/h1-7,9-10H,11-12H2,(H2,24,28,29). The maximum atomic E-state index is 13.4. The van der Waals surface area contributed by atoms with Crippen molar-refractivity contribution in [2.45, 2.75) is 13.1 Å². The average molecular weight is 475 g/mol. The molecular weight excluding hydrogens is 460 g/mol. The average Bonchev–Trinajstić information content (AvgIpc) is 2.80. The van der Waals surface area contributed by atoms with Crippen molar-refractivity contribution >= 4 is 38.7 Å². The van der Waals surface area contributed by atoms with Gasteiger partial charge in [0.1, 0.15) is 17.7 Å². The van der Waals surface area contributed by atoms with E-state index < -0.39 is 0 Å². The number of hydrogen-bond donors (Lipinski definition) is 1. The van der Waals surface area contributed by atoms with Gasteiger partial charge in [-0.3, -0.25) is 9.78 Å². The van der Waals surface area contributed by atoms with Crippen molar-refractivity contribution in [3.63, 3.8) is 0 Å². The van der Waals surface area contributed by atoms with Crippen molar-refractivity contribution in [1.29, 1.82) is 5.26 Å². The number of amides is 1. The van der Waals surface area contributed by atoms with Crippen LogP contribution in [0, 0.1) is 11.3 Å². The molecule has 9 nitrogen and oxygen atoms in total. The summed E-state index contributed by atoms with van der Waals surface area (Å²) in [5.41, 5.74) is 7.73. The van der Waals surface area contributed by atoms with Crippen LogP contribution in [-0.4, -0.2) is 35.7 Å². The zero-order valence-corrected chi connectivity index (χ0v) is 17.7. The molecule has 4 heterocycles. The fourth-order valence-corrected chi connectivity index (χ4v) is 3.25. The van der Waals surface area contributed by atoms with Gasteiger partial charge < -0.3 is 10.6 Å². The van der Waals surface area contributed by atoms with Crippen molar-refractivity contribution in [3.05, 3.63) is 82.2 Å². The molecule has 4 aromatic heterocycles. The Hall–Kier alpha value is -3.97. The molecule has 0 bridgehead atoms. The molecular formula is C21H15BrN8O. The van der Waals surface area contributed by atoms with E-state index in [0.717, 1.165) is 0 Å². The summed E-state index contributed by atoms with van der Waals surface area (Å²) in [6, 6.07) is 10.6. The Labute approximate surface area is 185 Å². The summed E-state index contributed by atoms with van der Waals surface area (Å²) in [5.74, 6) is 0.560. The van der Waals surface area contributed by atoms with Gasteiger partial charge >= 0.3 is 0 Å². The van der Waals surface area contributed by atoms with Gasteiger partial charge in [-0.05, 0) is 46.3 Å². The second-order valence-corrected chi connectivity index (χ2v) is 7.46. The van der Waals surface area contributed by atoms with E-state index in [-0.39, 0.29) is 19.0 Å². The van der Waals surface area contributed by atoms with Crippen LogP contribution in [0.2, 0.25) is 0 Å². The molecule has 10 heteroatoms. The Bertz CT molecular complexity index is 1290. The Morgan fingerprint density at radius 1 is 1.10 bits per heavy atom. The molecule has 0 saturated heterocycles. The molecule has 0 radical (unpaired) electrons. The van der Waals surface area contributed by atoms with Gasteiger partial charge in [-0.1, -0.05) is 0 Å². The van der Waals surface area contributed by atoms with Crippen molar-refractivity contribution in [2.75, 3.05) is 5.73 Å². The van der Waals surface area contributed by atoms with E-state index in [2.05, 4.69) is 40.8 Å². The maximum Gasteiger partial charge on any atom is 0.256 e. The summed E-state index contributed by atoms with van der Waals surface area (Å²) in [5, 5.41) is 9.65. The minimum Gasteiger partial charge on any atom is -0.383 e. The SMILES string of the molecule is N#Cc1ccc(CN(Cc2ncccn2)C(=O)c2cnc3nc(N)c(Br)cc3c2)nc1. The molecule has 152 valence electrons. The number of nitriles is 1. The molecule has 0 unspecified atom stereocenters. The molecule has 2 N–H and O–H groups in total. The fourth-order valence-electron chi connectivity index (χ4n) is 2.91. The van der Waals surface area contributed by atoms with Crippen LogP contribution in [0.25, 0.3) is 11.0 Å². The number of carbonyl (C=O) groups is 1. The van der Waals surface area contributed by atoms with Gasteiger partial charge in [-0.2, -0.15) is 5.26 Å². The number of carbonyl (C=O) groups excluding carboxylic acids is 1. The number of nitrogens with zero attached hydrogens (tertiary/aromatic N) is 7. The number of pyridine rings is 3. The number of halogens is 1. The minimum absolute atomic E-state index is 0.184. The summed E-state index contributed by atoms with van der Waals surface area (Å²) in [6.07, 6.45) is 6.19. The molecule has 31 heavy (non-hydrogen) atoms. The lowest BCUT2D eigenvalue weighted by molar-refractivity contribution is 0.0723. The zero-order chi connectivity index (χ0) is 21.8. The van der Waals surface area contributed by atoms with E-state index in [1.54, 1.807) is 47.6 Å². The molecule has 0 aliphatic rings. The highest BCUT2D eigenvalue weighted by molar-refractivity contribution is 9.10. The third kappa shape index (κ3) is 4.62. The van der Waals surface area contributed by atoms with Gasteiger partial charge in [-0.25, -0.2) is 19.9 Å². The van der Waals surface area contributed by atoms with E-state index in [1.165, 1.54) is 12.4 Å². The summed E-state index contributed by atoms with van der Waals surface area (Å²) >= 11 is 3.35. The molecule has 0 spiro atoms. The molecule has 0 atom stereocenters. The van der Waals surface area contributed by atoms with Crippen molar-refractivity contribution < 1.29 is 4.79 Å². The quantitative estimate of drug-likeness (QED) is 0.466. The lowest BCUT2D eigenvalue weighted by Gasteiger charge is -2.22. The first-order valence-electron chi connectivity index (χ1n) is 9.15. The molecule has 4 rings (SSSR count). The number of nitrogen functional groups attached to an aromatic ring is 1. The minimum atomic E-state index is -0.263. The Morgan fingerprint density at radius 2 is 1.90 bits per heavy atom. The number of anilines is 1. The predicted molar refractivity (Wildman–Crippen MR) is 116 cm³/mol. The van der Waals surface area contributed by atoms with Gasteiger partial charge in [0.2, 0.25) is 0 Å². The first kappa shape index (κ1) is 20.3.